The first-order valence-corrected chi connectivity index (χ1v) is 7.34. The maximum atomic E-state index is 13.9. The van der Waals surface area contributed by atoms with Gasteiger partial charge in [-0.2, -0.15) is 0 Å². The van der Waals surface area contributed by atoms with Crippen molar-refractivity contribution in [3.63, 3.8) is 0 Å². The van der Waals surface area contributed by atoms with E-state index in [1.165, 1.54) is 25.3 Å². The van der Waals surface area contributed by atoms with Crippen LogP contribution in [0.4, 0.5) is 4.39 Å². The zero-order valence-corrected chi connectivity index (χ0v) is 12.6. The van der Waals surface area contributed by atoms with Gasteiger partial charge in [-0.25, -0.2) is 4.39 Å². The first kappa shape index (κ1) is 15.3. The summed E-state index contributed by atoms with van der Waals surface area (Å²) < 4.78 is 19.0. The van der Waals surface area contributed by atoms with E-state index in [0.717, 1.165) is 6.42 Å². The van der Waals surface area contributed by atoms with E-state index in [1.54, 1.807) is 0 Å². The molecule has 0 aliphatic heterocycles. The second-order valence-electron chi connectivity index (χ2n) is 5.88. The fourth-order valence-electron chi connectivity index (χ4n) is 3.01. The number of aromatic amines is 1. The van der Waals surface area contributed by atoms with Crippen LogP contribution >= 0.6 is 0 Å². The molecule has 3 rings (SSSR count). The van der Waals surface area contributed by atoms with Crippen molar-refractivity contribution >= 4 is 22.8 Å². The first-order chi connectivity index (χ1) is 10.9. The summed E-state index contributed by atoms with van der Waals surface area (Å²) in [6.07, 6.45) is 2.02. The quantitative estimate of drug-likeness (QED) is 0.789. The second kappa shape index (κ2) is 5.57. The highest BCUT2D eigenvalue weighted by Gasteiger charge is 2.40. The molecule has 1 aromatic heterocycles. The third-order valence-corrected chi connectivity index (χ3v) is 4.35. The highest BCUT2D eigenvalue weighted by molar-refractivity contribution is 6.00. The summed E-state index contributed by atoms with van der Waals surface area (Å²) in [6, 6.07) is 4.27. The van der Waals surface area contributed by atoms with Crippen molar-refractivity contribution in [1.29, 1.82) is 0 Å². The topological polar surface area (TPSA) is 91.4 Å². The Hall–Kier alpha value is -2.57. The molecule has 23 heavy (non-hydrogen) atoms. The van der Waals surface area contributed by atoms with E-state index in [0.29, 0.717) is 24.0 Å². The number of fused-ring (bicyclic) bond motifs is 1. The van der Waals surface area contributed by atoms with Crippen molar-refractivity contribution in [3.05, 3.63) is 29.7 Å². The van der Waals surface area contributed by atoms with Crippen LogP contribution in [0.2, 0.25) is 0 Å². The van der Waals surface area contributed by atoms with Gasteiger partial charge in [-0.15, -0.1) is 0 Å². The third kappa shape index (κ3) is 2.74. The highest BCUT2D eigenvalue weighted by Crippen LogP contribution is 2.35. The van der Waals surface area contributed by atoms with Crippen molar-refractivity contribution in [3.8, 4) is 5.75 Å². The van der Waals surface area contributed by atoms with Gasteiger partial charge in [-0.3, -0.25) is 9.59 Å². The zero-order valence-electron chi connectivity index (χ0n) is 12.6. The van der Waals surface area contributed by atoms with Gasteiger partial charge in [-0.05, 0) is 37.5 Å². The molecule has 1 fully saturated rings. The van der Waals surface area contributed by atoms with Crippen molar-refractivity contribution in [2.75, 3.05) is 7.11 Å². The van der Waals surface area contributed by atoms with Crippen molar-refractivity contribution in [2.45, 2.75) is 31.2 Å². The lowest BCUT2D eigenvalue weighted by Gasteiger charge is -2.41. The fraction of sp³-hybridized carbons (Fsp3) is 0.375. The van der Waals surface area contributed by atoms with E-state index in [-0.39, 0.29) is 17.6 Å². The molecule has 122 valence electrons. The number of amides is 1. The smallest absolute Gasteiger partial charge is 0.305 e. The van der Waals surface area contributed by atoms with Crippen LogP contribution in [-0.4, -0.2) is 34.6 Å². The first-order valence-electron chi connectivity index (χ1n) is 7.34. The summed E-state index contributed by atoms with van der Waals surface area (Å²) in [5, 5.41) is 12.2. The van der Waals surface area contributed by atoms with Crippen LogP contribution in [0.5, 0.6) is 5.75 Å². The Kier molecular flexibility index (Phi) is 3.71. The van der Waals surface area contributed by atoms with Crippen LogP contribution in [0.25, 0.3) is 10.9 Å². The van der Waals surface area contributed by atoms with Crippen LogP contribution in [0.3, 0.4) is 0 Å². The van der Waals surface area contributed by atoms with Crippen molar-refractivity contribution in [1.82, 2.24) is 10.3 Å². The molecule has 1 aliphatic rings. The number of aliphatic carboxylic acids is 1. The summed E-state index contributed by atoms with van der Waals surface area (Å²) >= 11 is 0. The molecular formula is C16H17FN2O4. The van der Waals surface area contributed by atoms with E-state index in [9.17, 15) is 14.0 Å². The highest BCUT2D eigenvalue weighted by atomic mass is 19.1. The zero-order chi connectivity index (χ0) is 16.6. The largest absolute Gasteiger partial charge is 0.496 e. The Morgan fingerprint density at radius 1 is 1.43 bits per heavy atom. The van der Waals surface area contributed by atoms with Crippen molar-refractivity contribution in [2.24, 2.45) is 0 Å². The number of carbonyl (C=O) groups is 2. The Labute approximate surface area is 131 Å². The van der Waals surface area contributed by atoms with E-state index < -0.39 is 23.2 Å². The number of H-pyrrole nitrogens is 1. The summed E-state index contributed by atoms with van der Waals surface area (Å²) in [5.74, 6) is -1.41. The van der Waals surface area contributed by atoms with Crippen LogP contribution in [-0.2, 0) is 4.79 Å². The van der Waals surface area contributed by atoms with Gasteiger partial charge in [0.25, 0.3) is 5.91 Å². The number of benzene rings is 1. The van der Waals surface area contributed by atoms with Crippen LogP contribution in [0.15, 0.2) is 18.2 Å². The number of carboxylic acids is 1. The van der Waals surface area contributed by atoms with E-state index >= 15 is 0 Å². The number of rotatable bonds is 5. The molecule has 0 spiro atoms. The average Bonchev–Trinajstić information content (AvgIpc) is 2.91. The van der Waals surface area contributed by atoms with E-state index in [1.807, 2.05) is 0 Å². The number of halogens is 1. The van der Waals surface area contributed by atoms with Gasteiger partial charge in [0, 0.05) is 5.39 Å². The van der Waals surface area contributed by atoms with Gasteiger partial charge in [-0.1, -0.05) is 0 Å². The van der Waals surface area contributed by atoms with Gasteiger partial charge in [0.1, 0.15) is 17.3 Å². The number of carboxylic acid groups (broad SMARTS) is 1. The number of hydrogen-bond donors (Lipinski definition) is 3. The summed E-state index contributed by atoms with van der Waals surface area (Å²) in [5.41, 5.74) is -0.335. The van der Waals surface area contributed by atoms with Gasteiger partial charge in [0.15, 0.2) is 0 Å². The summed E-state index contributed by atoms with van der Waals surface area (Å²) in [6.45, 7) is 0. The molecule has 0 bridgehead atoms. The fourth-order valence-corrected chi connectivity index (χ4v) is 3.01. The van der Waals surface area contributed by atoms with Crippen LogP contribution in [0.1, 0.15) is 36.2 Å². The lowest BCUT2D eigenvalue weighted by Crippen LogP contribution is -2.54. The number of aromatic nitrogens is 1. The molecule has 6 nitrogen and oxygen atoms in total. The molecule has 0 saturated heterocycles. The lowest BCUT2D eigenvalue weighted by atomic mass is 9.74. The van der Waals surface area contributed by atoms with Crippen molar-refractivity contribution < 1.29 is 23.8 Å². The molecule has 1 amide bonds. The Morgan fingerprint density at radius 2 is 2.17 bits per heavy atom. The molecule has 2 aromatic rings. The molecule has 7 heteroatoms. The standard InChI is InChI=1S/C16H17FN2O4/c1-23-12-4-3-10(17)14-9(12)7-11(18-14)15(22)19-16(5-2-6-16)8-13(20)21/h3-4,7,18H,2,5-6,8H2,1H3,(H,19,22)(H,20,21). The predicted molar refractivity (Wildman–Crippen MR) is 81.1 cm³/mol. The molecule has 1 saturated carbocycles. The normalized spacial score (nSPS) is 15.9. The van der Waals surface area contributed by atoms with Crippen LogP contribution in [0, 0.1) is 5.82 Å². The van der Waals surface area contributed by atoms with Gasteiger partial charge in [0.05, 0.1) is 24.6 Å². The van der Waals surface area contributed by atoms with Crippen LogP contribution < -0.4 is 10.1 Å². The van der Waals surface area contributed by atoms with Gasteiger partial charge < -0.3 is 20.1 Å². The number of ether oxygens (including phenoxy) is 1. The molecule has 1 aromatic carbocycles. The molecule has 1 heterocycles. The van der Waals surface area contributed by atoms with E-state index in [4.69, 9.17) is 9.84 Å². The minimum Gasteiger partial charge on any atom is -0.496 e. The Bertz CT molecular complexity index is 780. The lowest BCUT2D eigenvalue weighted by molar-refractivity contribution is -0.139. The molecule has 0 unspecified atom stereocenters. The van der Waals surface area contributed by atoms with E-state index in [2.05, 4.69) is 10.3 Å². The summed E-state index contributed by atoms with van der Waals surface area (Å²) in [7, 11) is 1.47. The maximum Gasteiger partial charge on any atom is 0.305 e. The number of carbonyl (C=O) groups excluding carboxylic acids is 1. The maximum absolute atomic E-state index is 13.9. The second-order valence-corrected chi connectivity index (χ2v) is 5.88. The average molecular weight is 320 g/mol. The Morgan fingerprint density at radius 3 is 2.74 bits per heavy atom. The molecule has 1 aliphatic carbocycles. The van der Waals surface area contributed by atoms with Gasteiger partial charge in [0.2, 0.25) is 0 Å². The molecular weight excluding hydrogens is 303 g/mol. The monoisotopic (exact) mass is 320 g/mol. The minimum atomic E-state index is -0.950. The number of methoxy groups -OCH3 is 1. The predicted octanol–water partition coefficient (Wildman–Crippen LogP) is 2.44. The SMILES string of the molecule is COc1ccc(F)c2[nH]c(C(=O)NC3(CC(=O)O)CCC3)cc12. The summed E-state index contributed by atoms with van der Waals surface area (Å²) in [4.78, 5) is 26.1. The minimum absolute atomic E-state index is 0.114. The Balaban J connectivity index is 1.89. The third-order valence-electron chi connectivity index (χ3n) is 4.35. The number of nitrogens with one attached hydrogen (secondary N) is 2. The van der Waals surface area contributed by atoms with Gasteiger partial charge >= 0.3 is 5.97 Å². The molecule has 3 N–H and O–H groups in total. The number of hydrogen-bond acceptors (Lipinski definition) is 3. The molecule has 0 radical (unpaired) electrons. The molecule has 0 atom stereocenters.